The molecule has 0 aromatic heterocycles. The SMILES string of the molecule is C[C@]12CCC(N3CCCC3)CC1=CC[C@@H]1[C@H]2CC[C@]2(C)C(O)C(O)C[C@@H]12. The molecule has 1 aliphatic heterocycles. The highest BCUT2D eigenvalue weighted by atomic mass is 16.3. The van der Waals surface area contributed by atoms with E-state index in [0.29, 0.717) is 17.3 Å². The van der Waals surface area contributed by atoms with Crippen LogP contribution in [0.2, 0.25) is 0 Å². The number of fused-ring (bicyclic) bond motifs is 5. The molecule has 2 N–H and O–H groups in total. The van der Waals surface area contributed by atoms with Gasteiger partial charge >= 0.3 is 0 Å². The molecule has 3 unspecified atom stereocenters. The Kier molecular flexibility index (Phi) is 4.12. The highest BCUT2D eigenvalue weighted by molar-refractivity contribution is 5.26. The number of hydrogen-bond acceptors (Lipinski definition) is 3. The molecular weight excluding hydrogens is 322 g/mol. The molecule has 0 aromatic rings. The van der Waals surface area contributed by atoms with Gasteiger partial charge in [-0.3, -0.25) is 0 Å². The number of aliphatic hydroxyl groups is 2. The summed E-state index contributed by atoms with van der Waals surface area (Å²) in [7, 11) is 0. The van der Waals surface area contributed by atoms with Crippen LogP contribution in [0.1, 0.15) is 71.6 Å². The number of rotatable bonds is 1. The van der Waals surface area contributed by atoms with Gasteiger partial charge in [0.25, 0.3) is 0 Å². The fourth-order valence-corrected chi connectivity index (χ4v) is 8.05. The van der Waals surface area contributed by atoms with E-state index in [2.05, 4.69) is 24.8 Å². The predicted molar refractivity (Wildman–Crippen MR) is 104 cm³/mol. The summed E-state index contributed by atoms with van der Waals surface area (Å²) in [6.45, 7) is 7.44. The molecule has 8 atom stereocenters. The van der Waals surface area contributed by atoms with Gasteiger partial charge in [0.05, 0.1) is 12.2 Å². The summed E-state index contributed by atoms with van der Waals surface area (Å²) in [6.07, 6.45) is 12.7. The highest BCUT2D eigenvalue weighted by Gasteiger charge is 2.60. The molecule has 4 fully saturated rings. The Bertz CT molecular complexity index is 597. The second kappa shape index (κ2) is 6.06. The van der Waals surface area contributed by atoms with Crippen LogP contribution in [0.4, 0.5) is 0 Å². The van der Waals surface area contributed by atoms with Crippen molar-refractivity contribution in [1.29, 1.82) is 0 Å². The number of aliphatic hydroxyl groups excluding tert-OH is 2. The molecule has 1 heterocycles. The van der Waals surface area contributed by atoms with Crippen molar-refractivity contribution in [2.24, 2.45) is 28.6 Å². The average Bonchev–Trinajstić information content (AvgIpc) is 3.23. The maximum atomic E-state index is 10.6. The Labute approximate surface area is 158 Å². The van der Waals surface area contributed by atoms with Gasteiger partial charge in [0.1, 0.15) is 0 Å². The van der Waals surface area contributed by atoms with E-state index >= 15 is 0 Å². The number of nitrogens with zero attached hydrogens (tertiary/aromatic N) is 1. The first kappa shape index (κ1) is 17.7. The van der Waals surface area contributed by atoms with Gasteiger partial charge in [-0.15, -0.1) is 0 Å². The van der Waals surface area contributed by atoms with Gasteiger partial charge in [-0.1, -0.05) is 25.5 Å². The Balaban J connectivity index is 1.40. The van der Waals surface area contributed by atoms with Gasteiger partial charge in [0, 0.05) is 6.04 Å². The van der Waals surface area contributed by atoms with Crippen molar-refractivity contribution in [3.05, 3.63) is 11.6 Å². The zero-order valence-electron chi connectivity index (χ0n) is 16.7. The van der Waals surface area contributed by atoms with Crippen LogP contribution in [-0.2, 0) is 0 Å². The first-order valence-corrected chi connectivity index (χ1v) is 11.2. The van der Waals surface area contributed by atoms with E-state index in [0.717, 1.165) is 24.8 Å². The molecule has 4 aliphatic carbocycles. The second-order valence-electron chi connectivity index (χ2n) is 10.7. The van der Waals surface area contributed by atoms with Crippen molar-refractivity contribution in [2.45, 2.75) is 89.9 Å². The normalized spacial score (nSPS) is 54.4. The van der Waals surface area contributed by atoms with Crippen molar-refractivity contribution in [1.82, 2.24) is 4.90 Å². The van der Waals surface area contributed by atoms with Gasteiger partial charge in [-0.05, 0) is 99.5 Å². The van der Waals surface area contributed by atoms with Crippen molar-refractivity contribution < 1.29 is 10.2 Å². The number of hydrogen-bond donors (Lipinski definition) is 2. The lowest BCUT2D eigenvalue weighted by atomic mass is 9.48. The molecule has 3 saturated carbocycles. The van der Waals surface area contributed by atoms with E-state index in [9.17, 15) is 10.2 Å². The zero-order valence-corrected chi connectivity index (χ0v) is 16.7. The lowest BCUT2D eigenvalue weighted by Gasteiger charge is -2.58. The van der Waals surface area contributed by atoms with Gasteiger partial charge in [-0.2, -0.15) is 0 Å². The molecule has 26 heavy (non-hydrogen) atoms. The third-order valence-electron chi connectivity index (χ3n) is 9.71. The maximum absolute atomic E-state index is 10.6. The standard InChI is InChI=1S/C23H37NO2/c1-22-9-7-16(24-11-3-4-12-24)13-15(22)5-6-17-18(22)8-10-23(2)19(17)14-20(25)21(23)26/h5,16-21,25-26H,3-4,6-14H2,1-2H3/t16?,17-,18-,19+,20?,21?,22+,23+/m1/s1. The molecule has 3 heteroatoms. The van der Waals surface area contributed by atoms with E-state index in [4.69, 9.17) is 0 Å². The summed E-state index contributed by atoms with van der Waals surface area (Å²) in [6, 6.07) is 0.789. The predicted octanol–water partition coefficient (Wildman–Crippen LogP) is 3.75. The zero-order chi connectivity index (χ0) is 18.1. The van der Waals surface area contributed by atoms with Crippen LogP contribution < -0.4 is 0 Å². The van der Waals surface area contributed by atoms with E-state index in [1.807, 2.05) is 0 Å². The topological polar surface area (TPSA) is 43.7 Å². The lowest BCUT2D eigenvalue weighted by Crippen LogP contribution is -2.52. The minimum absolute atomic E-state index is 0.0605. The fourth-order valence-electron chi connectivity index (χ4n) is 8.05. The summed E-state index contributed by atoms with van der Waals surface area (Å²) < 4.78 is 0. The first-order chi connectivity index (χ1) is 12.4. The number of likely N-dealkylation sites (tertiary alicyclic amines) is 1. The summed E-state index contributed by atoms with van der Waals surface area (Å²) in [5, 5.41) is 21.0. The van der Waals surface area contributed by atoms with Crippen molar-refractivity contribution in [2.75, 3.05) is 13.1 Å². The Morgan fingerprint density at radius 2 is 1.81 bits per heavy atom. The Hall–Kier alpha value is -0.380. The van der Waals surface area contributed by atoms with Crippen molar-refractivity contribution >= 4 is 0 Å². The first-order valence-electron chi connectivity index (χ1n) is 11.2. The van der Waals surface area contributed by atoms with Crippen LogP contribution in [0, 0.1) is 28.6 Å². The minimum Gasteiger partial charge on any atom is -0.390 e. The molecule has 5 aliphatic rings. The molecule has 0 amide bonds. The van der Waals surface area contributed by atoms with E-state index < -0.39 is 12.2 Å². The van der Waals surface area contributed by atoms with E-state index in [1.165, 1.54) is 58.0 Å². The average molecular weight is 360 g/mol. The molecule has 5 rings (SSSR count). The van der Waals surface area contributed by atoms with Crippen LogP contribution in [-0.4, -0.2) is 46.5 Å². The van der Waals surface area contributed by atoms with E-state index in [-0.39, 0.29) is 5.41 Å². The molecule has 3 nitrogen and oxygen atoms in total. The molecule has 1 saturated heterocycles. The molecule has 0 aromatic carbocycles. The third-order valence-corrected chi connectivity index (χ3v) is 9.71. The van der Waals surface area contributed by atoms with Gasteiger partial charge in [0.2, 0.25) is 0 Å². The monoisotopic (exact) mass is 359 g/mol. The van der Waals surface area contributed by atoms with Crippen LogP contribution in [0.25, 0.3) is 0 Å². The van der Waals surface area contributed by atoms with Crippen molar-refractivity contribution in [3.8, 4) is 0 Å². The van der Waals surface area contributed by atoms with Gasteiger partial charge in [0.15, 0.2) is 0 Å². The van der Waals surface area contributed by atoms with Gasteiger partial charge in [-0.25, -0.2) is 0 Å². The second-order valence-corrected chi connectivity index (χ2v) is 10.7. The fraction of sp³-hybridized carbons (Fsp3) is 0.913. The quantitative estimate of drug-likeness (QED) is 0.701. The number of allylic oxidation sites excluding steroid dienone is 1. The van der Waals surface area contributed by atoms with E-state index in [1.54, 1.807) is 5.57 Å². The summed E-state index contributed by atoms with van der Waals surface area (Å²) in [4.78, 5) is 2.76. The summed E-state index contributed by atoms with van der Waals surface area (Å²) >= 11 is 0. The van der Waals surface area contributed by atoms with Crippen LogP contribution >= 0.6 is 0 Å². The highest BCUT2D eigenvalue weighted by Crippen LogP contribution is 2.65. The summed E-state index contributed by atoms with van der Waals surface area (Å²) in [5.74, 6) is 1.92. The molecule has 0 radical (unpaired) electrons. The van der Waals surface area contributed by atoms with Crippen LogP contribution in [0.5, 0.6) is 0 Å². The third kappa shape index (κ3) is 2.36. The molecule has 146 valence electrons. The smallest absolute Gasteiger partial charge is 0.0855 e. The minimum atomic E-state index is -0.516. The molecular formula is C23H37NO2. The van der Waals surface area contributed by atoms with Crippen molar-refractivity contribution in [3.63, 3.8) is 0 Å². The molecule has 0 bridgehead atoms. The lowest BCUT2D eigenvalue weighted by molar-refractivity contribution is -0.0801. The van der Waals surface area contributed by atoms with Crippen LogP contribution in [0.15, 0.2) is 11.6 Å². The molecule has 0 spiro atoms. The van der Waals surface area contributed by atoms with Gasteiger partial charge < -0.3 is 15.1 Å². The summed E-state index contributed by atoms with van der Waals surface area (Å²) in [5.41, 5.74) is 2.07. The Morgan fingerprint density at radius 1 is 1.04 bits per heavy atom. The Morgan fingerprint density at radius 3 is 2.58 bits per heavy atom. The maximum Gasteiger partial charge on any atom is 0.0855 e. The largest absolute Gasteiger partial charge is 0.390 e. The van der Waals surface area contributed by atoms with Crippen LogP contribution in [0.3, 0.4) is 0 Å².